The zero-order valence-electron chi connectivity index (χ0n) is 12.6. The van der Waals surface area contributed by atoms with Gasteiger partial charge in [0.15, 0.2) is 0 Å². The van der Waals surface area contributed by atoms with Gasteiger partial charge in [0, 0.05) is 36.5 Å². The zero-order valence-corrected chi connectivity index (χ0v) is 12.6. The van der Waals surface area contributed by atoms with Crippen molar-refractivity contribution < 1.29 is 4.79 Å². The molecule has 1 aromatic carbocycles. The third kappa shape index (κ3) is 2.84. The van der Waals surface area contributed by atoms with E-state index in [2.05, 4.69) is 16.9 Å². The van der Waals surface area contributed by atoms with E-state index < -0.39 is 0 Å². The van der Waals surface area contributed by atoms with Crippen LogP contribution in [0, 0.1) is 6.92 Å². The lowest BCUT2D eigenvalue weighted by Crippen LogP contribution is -2.28. The van der Waals surface area contributed by atoms with E-state index in [0.717, 1.165) is 43.0 Å². The highest BCUT2D eigenvalue weighted by molar-refractivity contribution is 5.94. The number of hydrogen-bond acceptors (Lipinski definition) is 2. The fourth-order valence-electron chi connectivity index (χ4n) is 2.87. The van der Waals surface area contributed by atoms with E-state index in [0.29, 0.717) is 5.92 Å². The quantitative estimate of drug-likeness (QED) is 0.941. The van der Waals surface area contributed by atoms with Crippen molar-refractivity contribution in [2.75, 3.05) is 13.1 Å². The van der Waals surface area contributed by atoms with E-state index >= 15 is 0 Å². The number of aromatic nitrogens is 2. The van der Waals surface area contributed by atoms with Gasteiger partial charge in [-0.2, -0.15) is 0 Å². The normalized spacial score (nSPS) is 18.2. The minimum absolute atomic E-state index is 0.128. The number of rotatable bonds is 3. The largest absolute Gasteiger partial charge is 0.346 e. The molecule has 0 aliphatic carbocycles. The van der Waals surface area contributed by atoms with E-state index in [1.807, 2.05) is 42.3 Å². The van der Waals surface area contributed by atoms with Crippen LogP contribution in [-0.4, -0.2) is 33.9 Å². The number of nitrogens with one attached hydrogen (secondary N) is 1. The van der Waals surface area contributed by atoms with Crippen molar-refractivity contribution in [3.8, 4) is 0 Å². The van der Waals surface area contributed by atoms with Gasteiger partial charge in [-0.1, -0.05) is 19.1 Å². The Hall–Kier alpha value is -2.10. The molecule has 1 N–H and O–H groups in total. The molecule has 1 atom stereocenters. The summed E-state index contributed by atoms with van der Waals surface area (Å²) < 4.78 is 0. The number of benzene rings is 1. The predicted molar refractivity (Wildman–Crippen MR) is 82.4 cm³/mol. The van der Waals surface area contributed by atoms with E-state index in [9.17, 15) is 4.79 Å². The average molecular weight is 283 g/mol. The van der Waals surface area contributed by atoms with Gasteiger partial charge in [-0.05, 0) is 37.5 Å². The van der Waals surface area contributed by atoms with Gasteiger partial charge < -0.3 is 9.88 Å². The number of H-pyrrole nitrogens is 1. The summed E-state index contributed by atoms with van der Waals surface area (Å²) in [6, 6.07) is 7.95. The first-order valence-electron chi connectivity index (χ1n) is 7.57. The highest BCUT2D eigenvalue weighted by Crippen LogP contribution is 2.26. The van der Waals surface area contributed by atoms with Gasteiger partial charge >= 0.3 is 0 Å². The molecular formula is C17H21N3O. The Balaban J connectivity index is 1.68. The third-order valence-corrected chi connectivity index (χ3v) is 4.19. The van der Waals surface area contributed by atoms with Crippen LogP contribution in [0.5, 0.6) is 0 Å². The molecule has 1 aliphatic rings. The molecule has 0 saturated carbocycles. The predicted octanol–water partition coefficient (Wildman–Crippen LogP) is 2.91. The molecule has 1 aliphatic heterocycles. The molecule has 2 heterocycles. The maximum atomic E-state index is 12.5. The van der Waals surface area contributed by atoms with Crippen LogP contribution < -0.4 is 0 Å². The number of amides is 1. The van der Waals surface area contributed by atoms with Crippen LogP contribution in [0.15, 0.2) is 30.5 Å². The molecule has 1 amide bonds. The first-order chi connectivity index (χ1) is 10.2. The molecule has 4 nitrogen and oxygen atoms in total. The monoisotopic (exact) mass is 283 g/mol. The number of hydrogen-bond donors (Lipinski definition) is 1. The molecule has 0 unspecified atom stereocenters. The Morgan fingerprint density at radius 2 is 2.14 bits per heavy atom. The minimum atomic E-state index is 0.128. The van der Waals surface area contributed by atoms with Crippen molar-refractivity contribution in [1.29, 1.82) is 0 Å². The van der Waals surface area contributed by atoms with Crippen molar-refractivity contribution in [2.45, 2.75) is 32.6 Å². The number of nitrogens with zero attached hydrogens (tertiary/aromatic N) is 2. The second-order valence-corrected chi connectivity index (χ2v) is 5.74. The average Bonchev–Trinajstić information content (AvgIpc) is 3.15. The van der Waals surface area contributed by atoms with Gasteiger partial charge in [-0.25, -0.2) is 4.98 Å². The maximum Gasteiger partial charge on any atom is 0.253 e. The molecule has 21 heavy (non-hydrogen) atoms. The van der Waals surface area contributed by atoms with Gasteiger partial charge in [0.25, 0.3) is 5.91 Å². The Morgan fingerprint density at radius 1 is 1.38 bits per heavy atom. The summed E-state index contributed by atoms with van der Waals surface area (Å²) >= 11 is 0. The first-order valence-corrected chi connectivity index (χ1v) is 7.57. The minimum Gasteiger partial charge on any atom is -0.346 e. The summed E-state index contributed by atoms with van der Waals surface area (Å²) in [4.78, 5) is 22.1. The molecule has 1 fully saturated rings. The molecule has 0 bridgehead atoms. The van der Waals surface area contributed by atoms with Gasteiger partial charge in [-0.15, -0.1) is 0 Å². The molecule has 110 valence electrons. The van der Waals surface area contributed by atoms with Crippen molar-refractivity contribution in [2.24, 2.45) is 0 Å². The zero-order chi connectivity index (χ0) is 14.8. The summed E-state index contributed by atoms with van der Waals surface area (Å²) in [6.45, 7) is 5.68. The standard InChI is InChI=1S/C17H21N3O/c1-3-13-4-6-14(7-5-13)17(21)20-9-8-15(11-20)16-18-10-12(2)19-16/h4-7,10,15H,3,8-9,11H2,1-2H3,(H,18,19)/t15-/m1/s1. The topological polar surface area (TPSA) is 49.0 Å². The molecule has 0 spiro atoms. The highest BCUT2D eigenvalue weighted by Gasteiger charge is 2.29. The van der Waals surface area contributed by atoms with Crippen LogP contribution in [0.4, 0.5) is 0 Å². The molecule has 3 rings (SSSR count). The van der Waals surface area contributed by atoms with Gasteiger partial charge in [0.05, 0.1) is 0 Å². The summed E-state index contributed by atoms with van der Waals surface area (Å²) in [5.74, 6) is 1.46. The summed E-state index contributed by atoms with van der Waals surface area (Å²) in [5.41, 5.74) is 3.12. The molecular weight excluding hydrogens is 262 g/mol. The lowest BCUT2D eigenvalue weighted by molar-refractivity contribution is 0.0790. The van der Waals surface area contributed by atoms with Gasteiger partial charge in [-0.3, -0.25) is 4.79 Å². The smallest absolute Gasteiger partial charge is 0.253 e. The summed E-state index contributed by atoms with van der Waals surface area (Å²) in [6.07, 6.45) is 3.83. The van der Waals surface area contributed by atoms with Crippen LogP contribution in [0.25, 0.3) is 0 Å². The van der Waals surface area contributed by atoms with E-state index in [1.54, 1.807) is 0 Å². The Morgan fingerprint density at radius 3 is 2.76 bits per heavy atom. The molecule has 1 saturated heterocycles. The molecule has 2 aromatic rings. The van der Waals surface area contributed by atoms with E-state index in [1.165, 1.54) is 5.56 Å². The second-order valence-electron chi connectivity index (χ2n) is 5.74. The lowest BCUT2D eigenvalue weighted by Gasteiger charge is -2.16. The van der Waals surface area contributed by atoms with Crippen molar-refractivity contribution >= 4 is 5.91 Å². The number of imidazole rings is 1. The van der Waals surface area contributed by atoms with Crippen molar-refractivity contribution in [1.82, 2.24) is 14.9 Å². The maximum absolute atomic E-state index is 12.5. The van der Waals surface area contributed by atoms with Crippen LogP contribution in [0.3, 0.4) is 0 Å². The first kappa shape index (κ1) is 13.9. The number of carbonyl (C=O) groups is 1. The SMILES string of the molecule is CCc1ccc(C(=O)N2CC[C@@H](c3ncc(C)[nH]3)C2)cc1. The number of carbonyl (C=O) groups excluding carboxylic acids is 1. The fourth-order valence-corrected chi connectivity index (χ4v) is 2.87. The Kier molecular flexibility index (Phi) is 3.78. The highest BCUT2D eigenvalue weighted by atomic mass is 16.2. The molecule has 0 radical (unpaired) electrons. The van der Waals surface area contributed by atoms with Gasteiger partial charge in [0.1, 0.15) is 5.82 Å². The van der Waals surface area contributed by atoms with Crippen molar-refractivity contribution in [3.05, 3.63) is 53.1 Å². The van der Waals surface area contributed by atoms with Gasteiger partial charge in [0.2, 0.25) is 0 Å². The third-order valence-electron chi connectivity index (χ3n) is 4.19. The number of aromatic amines is 1. The van der Waals surface area contributed by atoms with Crippen LogP contribution >= 0.6 is 0 Å². The van der Waals surface area contributed by atoms with Crippen LogP contribution in [-0.2, 0) is 6.42 Å². The fraction of sp³-hybridized carbons (Fsp3) is 0.412. The Bertz CT molecular complexity index is 630. The van der Waals surface area contributed by atoms with Crippen molar-refractivity contribution in [3.63, 3.8) is 0 Å². The van der Waals surface area contributed by atoms with E-state index in [-0.39, 0.29) is 5.91 Å². The summed E-state index contributed by atoms with van der Waals surface area (Å²) in [7, 11) is 0. The summed E-state index contributed by atoms with van der Waals surface area (Å²) in [5, 5.41) is 0. The van der Waals surface area contributed by atoms with Crippen LogP contribution in [0.2, 0.25) is 0 Å². The number of aryl methyl sites for hydroxylation is 2. The molecule has 1 aromatic heterocycles. The number of likely N-dealkylation sites (tertiary alicyclic amines) is 1. The second kappa shape index (κ2) is 5.72. The van der Waals surface area contributed by atoms with Crippen LogP contribution in [0.1, 0.15) is 46.7 Å². The van der Waals surface area contributed by atoms with E-state index in [4.69, 9.17) is 0 Å². The Labute approximate surface area is 125 Å². The molecule has 4 heteroatoms. The lowest BCUT2D eigenvalue weighted by atomic mass is 10.1.